The number of fused-ring (bicyclic) bond motifs is 1. The first-order valence-electron chi connectivity index (χ1n) is 6.40. The minimum Gasteiger partial charge on any atom is -0.366 e. The molecule has 0 bridgehead atoms. The van der Waals surface area contributed by atoms with E-state index in [0.29, 0.717) is 5.56 Å². The first kappa shape index (κ1) is 13.5. The summed E-state index contributed by atoms with van der Waals surface area (Å²) in [5.41, 5.74) is 7.68. The maximum Gasteiger partial charge on any atom is 0.248 e. The first-order chi connectivity index (χ1) is 8.99. The van der Waals surface area contributed by atoms with Gasteiger partial charge in [0, 0.05) is 12.1 Å². The highest BCUT2D eigenvalue weighted by molar-refractivity contribution is 5.96. The average Bonchev–Trinajstić information content (AvgIpc) is 2.64. The third-order valence-electron chi connectivity index (χ3n) is 3.21. The van der Waals surface area contributed by atoms with Crippen LogP contribution < -0.4 is 5.73 Å². The summed E-state index contributed by atoms with van der Waals surface area (Å²) in [5, 5.41) is 0. The average molecular weight is 260 g/mol. The summed E-state index contributed by atoms with van der Waals surface area (Å²) in [4.78, 5) is 17.8. The SMILES string of the molecule is Cc1nc2cc(C(N)=O)ccc2n1CCCN(C)C. The predicted molar refractivity (Wildman–Crippen MR) is 76.2 cm³/mol. The van der Waals surface area contributed by atoms with E-state index in [1.165, 1.54) is 0 Å². The molecule has 1 heterocycles. The van der Waals surface area contributed by atoms with Crippen LogP contribution in [0.4, 0.5) is 0 Å². The number of hydrogen-bond donors (Lipinski definition) is 1. The maximum atomic E-state index is 11.2. The molecule has 5 nitrogen and oxygen atoms in total. The van der Waals surface area contributed by atoms with Gasteiger partial charge >= 0.3 is 0 Å². The number of nitrogens with zero attached hydrogens (tertiary/aromatic N) is 3. The molecule has 0 radical (unpaired) electrons. The highest BCUT2D eigenvalue weighted by Crippen LogP contribution is 2.18. The molecule has 1 amide bonds. The van der Waals surface area contributed by atoms with Crippen molar-refractivity contribution < 1.29 is 4.79 Å². The normalized spacial score (nSPS) is 11.4. The molecule has 0 saturated carbocycles. The van der Waals surface area contributed by atoms with E-state index < -0.39 is 5.91 Å². The lowest BCUT2D eigenvalue weighted by Crippen LogP contribution is -2.15. The van der Waals surface area contributed by atoms with Gasteiger partial charge in [0.1, 0.15) is 5.82 Å². The van der Waals surface area contributed by atoms with Crippen molar-refractivity contribution in [2.75, 3.05) is 20.6 Å². The van der Waals surface area contributed by atoms with Crippen molar-refractivity contribution in [2.24, 2.45) is 5.73 Å². The van der Waals surface area contributed by atoms with E-state index in [1.54, 1.807) is 12.1 Å². The Morgan fingerprint density at radius 1 is 1.42 bits per heavy atom. The fraction of sp³-hybridized carbons (Fsp3) is 0.429. The molecule has 0 spiro atoms. The third-order valence-corrected chi connectivity index (χ3v) is 3.21. The first-order valence-corrected chi connectivity index (χ1v) is 6.40. The van der Waals surface area contributed by atoms with E-state index in [4.69, 9.17) is 5.73 Å². The van der Waals surface area contributed by atoms with Crippen LogP contribution in [-0.2, 0) is 6.54 Å². The maximum absolute atomic E-state index is 11.2. The predicted octanol–water partition coefficient (Wildman–Crippen LogP) is 1.40. The van der Waals surface area contributed by atoms with Crippen LogP contribution in [0.2, 0.25) is 0 Å². The van der Waals surface area contributed by atoms with Crippen LogP contribution in [0.3, 0.4) is 0 Å². The van der Waals surface area contributed by atoms with Crippen LogP contribution in [0.15, 0.2) is 18.2 Å². The molecule has 102 valence electrons. The highest BCUT2D eigenvalue weighted by atomic mass is 16.1. The van der Waals surface area contributed by atoms with Crippen molar-refractivity contribution in [1.29, 1.82) is 0 Å². The topological polar surface area (TPSA) is 64.1 Å². The second-order valence-electron chi connectivity index (χ2n) is 5.04. The molecule has 0 aliphatic carbocycles. The number of aryl methyl sites for hydroxylation is 2. The Hall–Kier alpha value is -1.88. The Balaban J connectivity index is 2.29. The lowest BCUT2D eigenvalue weighted by Gasteiger charge is -2.11. The number of rotatable bonds is 5. The standard InChI is InChI=1S/C14H20N4O/c1-10-16-12-9-11(14(15)19)5-6-13(12)18(10)8-4-7-17(2)3/h5-6,9H,4,7-8H2,1-3H3,(H2,15,19). The van der Waals surface area contributed by atoms with Gasteiger partial charge in [-0.15, -0.1) is 0 Å². The second kappa shape index (κ2) is 5.40. The lowest BCUT2D eigenvalue weighted by atomic mass is 10.2. The molecule has 0 unspecified atom stereocenters. The zero-order valence-corrected chi connectivity index (χ0v) is 11.7. The van der Waals surface area contributed by atoms with Crippen LogP contribution >= 0.6 is 0 Å². The van der Waals surface area contributed by atoms with E-state index in [9.17, 15) is 4.79 Å². The Kier molecular flexibility index (Phi) is 3.85. The summed E-state index contributed by atoms with van der Waals surface area (Å²) in [6.45, 7) is 3.95. The monoisotopic (exact) mass is 260 g/mol. The van der Waals surface area contributed by atoms with Gasteiger partial charge in [0.05, 0.1) is 11.0 Å². The molecule has 1 aromatic carbocycles. The second-order valence-corrected chi connectivity index (χ2v) is 5.04. The largest absolute Gasteiger partial charge is 0.366 e. The summed E-state index contributed by atoms with van der Waals surface area (Å²) in [6, 6.07) is 5.44. The number of amides is 1. The van der Waals surface area contributed by atoms with Crippen molar-refractivity contribution in [1.82, 2.24) is 14.5 Å². The quantitative estimate of drug-likeness (QED) is 0.883. The molecule has 0 aliphatic rings. The van der Waals surface area contributed by atoms with Crippen molar-refractivity contribution in [3.8, 4) is 0 Å². The van der Waals surface area contributed by atoms with Gasteiger partial charge in [0.2, 0.25) is 5.91 Å². The summed E-state index contributed by atoms with van der Waals surface area (Å²) >= 11 is 0. The van der Waals surface area contributed by atoms with Gasteiger partial charge in [-0.05, 0) is 52.2 Å². The number of carbonyl (C=O) groups excluding carboxylic acids is 1. The zero-order valence-electron chi connectivity index (χ0n) is 11.7. The van der Waals surface area contributed by atoms with Crippen molar-refractivity contribution >= 4 is 16.9 Å². The summed E-state index contributed by atoms with van der Waals surface area (Å²) in [5.74, 6) is 0.553. The van der Waals surface area contributed by atoms with Gasteiger partial charge in [-0.1, -0.05) is 0 Å². The van der Waals surface area contributed by atoms with Gasteiger partial charge in [-0.2, -0.15) is 0 Å². The van der Waals surface area contributed by atoms with Crippen molar-refractivity contribution in [3.05, 3.63) is 29.6 Å². The number of benzene rings is 1. The molecule has 1 aromatic heterocycles. The summed E-state index contributed by atoms with van der Waals surface area (Å²) in [6.07, 6.45) is 1.07. The molecule has 0 saturated heterocycles. The van der Waals surface area contributed by atoms with Gasteiger partial charge in [-0.3, -0.25) is 4.79 Å². The van der Waals surface area contributed by atoms with Gasteiger partial charge in [0.15, 0.2) is 0 Å². The number of hydrogen-bond acceptors (Lipinski definition) is 3. The fourth-order valence-corrected chi connectivity index (χ4v) is 2.23. The number of carbonyl (C=O) groups is 1. The lowest BCUT2D eigenvalue weighted by molar-refractivity contribution is 0.100. The minimum absolute atomic E-state index is 0.415. The molecular weight excluding hydrogens is 240 g/mol. The van der Waals surface area contributed by atoms with E-state index in [0.717, 1.165) is 36.4 Å². The third kappa shape index (κ3) is 2.93. The van der Waals surface area contributed by atoms with Crippen LogP contribution in [0.1, 0.15) is 22.6 Å². The van der Waals surface area contributed by atoms with Crippen LogP contribution in [-0.4, -0.2) is 41.0 Å². The Morgan fingerprint density at radius 3 is 2.79 bits per heavy atom. The molecular formula is C14H20N4O. The molecule has 2 aromatic rings. The number of imidazole rings is 1. The Bertz CT molecular complexity index is 601. The molecule has 2 N–H and O–H groups in total. The van der Waals surface area contributed by atoms with E-state index in [-0.39, 0.29) is 0 Å². The van der Waals surface area contributed by atoms with Gasteiger partial charge in [0.25, 0.3) is 0 Å². The van der Waals surface area contributed by atoms with E-state index >= 15 is 0 Å². The molecule has 0 aliphatic heterocycles. The van der Waals surface area contributed by atoms with Crippen LogP contribution in [0.5, 0.6) is 0 Å². The summed E-state index contributed by atoms with van der Waals surface area (Å²) in [7, 11) is 4.13. The molecule has 0 atom stereocenters. The van der Waals surface area contributed by atoms with E-state index in [2.05, 4.69) is 28.5 Å². The van der Waals surface area contributed by atoms with Crippen molar-refractivity contribution in [2.45, 2.75) is 19.9 Å². The highest BCUT2D eigenvalue weighted by Gasteiger charge is 2.09. The fourth-order valence-electron chi connectivity index (χ4n) is 2.23. The summed E-state index contributed by atoms with van der Waals surface area (Å²) < 4.78 is 2.18. The molecule has 0 fully saturated rings. The number of aromatic nitrogens is 2. The smallest absolute Gasteiger partial charge is 0.248 e. The van der Waals surface area contributed by atoms with Crippen LogP contribution in [0.25, 0.3) is 11.0 Å². The minimum atomic E-state index is -0.415. The van der Waals surface area contributed by atoms with Gasteiger partial charge < -0.3 is 15.2 Å². The Morgan fingerprint density at radius 2 is 2.16 bits per heavy atom. The number of nitrogens with two attached hydrogens (primary N) is 1. The zero-order chi connectivity index (χ0) is 14.0. The van der Waals surface area contributed by atoms with Crippen LogP contribution in [0, 0.1) is 6.92 Å². The van der Waals surface area contributed by atoms with Crippen molar-refractivity contribution in [3.63, 3.8) is 0 Å². The van der Waals surface area contributed by atoms with Gasteiger partial charge in [-0.25, -0.2) is 4.98 Å². The van der Waals surface area contributed by atoms with E-state index in [1.807, 2.05) is 13.0 Å². The molecule has 5 heteroatoms. The molecule has 2 rings (SSSR count). The Labute approximate surface area is 113 Å². The molecule has 19 heavy (non-hydrogen) atoms. The number of primary amides is 1.